The van der Waals surface area contributed by atoms with Crippen molar-refractivity contribution < 1.29 is 237 Å². The number of benzene rings is 9. The average Bonchev–Trinajstić information content (AvgIpc) is 1.61. The summed E-state index contributed by atoms with van der Waals surface area (Å²) in [6.07, 6.45) is -27.5. The van der Waals surface area contributed by atoms with Gasteiger partial charge in [0.2, 0.25) is 64.1 Å². The summed E-state index contributed by atoms with van der Waals surface area (Å²) in [5.41, 5.74) is -15.4. The molecule has 0 saturated carbocycles. The van der Waals surface area contributed by atoms with E-state index in [1.54, 1.807) is 0 Å². The highest BCUT2D eigenvalue weighted by atomic mass is 16.8. The molecule has 2 fully saturated rings. The van der Waals surface area contributed by atoms with Crippen LogP contribution in [0.3, 0.4) is 0 Å². The van der Waals surface area contributed by atoms with Gasteiger partial charge in [0, 0.05) is 34.4 Å². The Hall–Kier alpha value is -17.3. The number of esters is 9. The Balaban J connectivity index is 0.891. The molecular formula is C75H52O48. The number of carbonyl (C=O) groups excluding carboxylic acids is 9. The first-order valence-electron chi connectivity index (χ1n) is 34.2. The Morgan fingerprint density at radius 1 is 0.317 bits per heavy atom. The summed E-state index contributed by atoms with van der Waals surface area (Å²) in [4.78, 5) is 132. The van der Waals surface area contributed by atoms with Crippen LogP contribution in [0.5, 0.6) is 167 Å². The van der Waals surface area contributed by atoms with Gasteiger partial charge in [-0.05, 0) is 60.7 Å². The maximum Gasteiger partial charge on any atom is 0.342 e. The standard InChI is InChI=1S/C75H52O48/c76-25-1-15(2-26(77)43(25)87)65(101)119-61-59-36(13-112-69(105)22-7-18(41(85)54(98)42(22)86)38-19(70(106)117-59)8-30(81)46(90)51(38)95)115-74(110)63(61)121-72(108)23-11-33(84)49(93)55(99)57(23)114-35-12-24-58(56(100)50(35)94)113-34-6-17(5-29(80)45(34)89)67(103)123-75-64(122-73(24)109)62(120-66(102)16-3-27(78)44(88)28(79)4-16)60-37(116-75)14-111-68(104)20-9-31(82)47(91)52(96)39(20)40-21(71(107)118-60)10-32(83)48(92)53(40)97/h1-12,36-37,59-64,74-100,110H,13-14H2/t36-,37-,59-,60-,61+,62-,63+,64+,74-,75-/m0/s1. The van der Waals surface area contributed by atoms with Crippen molar-refractivity contribution in [2.75, 3.05) is 13.2 Å². The molecule has 4 bridgehead atoms. The monoisotopic (exact) mass is 1720 g/mol. The van der Waals surface area contributed by atoms with Crippen molar-refractivity contribution in [1.29, 1.82) is 0 Å². The quantitative estimate of drug-likeness (QED) is 0.0590. The van der Waals surface area contributed by atoms with Crippen LogP contribution in [0.4, 0.5) is 0 Å². The van der Waals surface area contributed by atoms with Crippen molar-refractivity contribution in [3.05, 3.63) is 123 Å². The minimum atomic E-state index is -2.94. The number of aromatic hydroxyl groups is 25. The SMILES string of the molecule is O=C1O[C@@H]2O[C@H]3COC(=O)c4cc(O)c(O)c(O)c4-c4c(cc(O)c(O)c4O)C(=O)O[C@@H]3[C@H](OC(=O)c3cc(O)c(O)c(O)c3)[C@H]2OC(=O)c2cc(Oc3c(C(=O)O[C@@H]4[C@H](OC(=O)c5cc(O)c(O)c(O)c5)[C@H]5OC(=O)c6cc(O)c(O)c(O)c6-c6cc(c(O)c(O)c6O)C(=O)OC[C@@H]5O[C@@H]4O)cc(O)c(O)c3O)c(O)c(O)c2Oc2cc1cc(O)c2O. The third-order valence-corrected chi connectivity index (χ3v) is 19.2. The molecule has 0 radical (unpaired) electrons. The second-order valence-electron chi connectivity index (χ2n) is 26.7. The van der Waals surface area contributed by atoms with Crippen LogP contribution in [-0.2, 0) is 52.1 Å². The predicted molar refractivity (Wildman–Crippen MR) is 378 cm³/mol. The van der Waals surface area contributed by atoms with E-state index in [2.05, 4.69) is 0 Å². The Morgan fingerprint density at radius 2 is 0.740 bits per heavy atom. The van der Waals surface area contributed by atoms with E-state index < -0.39 is 367 Å². The fourth-order valence-corrected chi connectivity index (χ4v) is 13.2. The molecule has 0 spiro atoms. The summed E-state index contributed by atoms with van der Waals surface area (Å²) in [5.74, 6) is -60.3. The molecule has 5 aliphatic rings. The number of hydrogen-bond donors (Lipinski definition) is 26. The molecule has 5 heterocycles. The Labute approximate surface area is 675 Å². The highest BCUT2D eigenvalue weighted by Gasteiger charge is 2.58. The van der Waals surface area contributed by atoms with E-state index in [0.29, 0.717) is 54.6 Å². The van der Waals surface area contributed by atoms with E-state index in [1.165, 1.54) is 0 Å². The topological polar surface area (TPSA) is 800 Å². The van der Waals surface area contributed by atoms with Gasteiger partial charge in [0.1, 0.15) is 42.1 Å². The zero-order chi connectivity index (χ0) is 89.3. The summed E-state index contributed by atoms with van der Waals surface area (Å²) < 4.78 is 73.6. The number of fused-ring (bicyclic) bond motifs is 13. The normalized spacial score (nSPS) is 20.4. The summed E-state index contributed by atoms with van der Waals surface area (Å²) in [6.45, 7) is -2.87. The molecule has 10 atom stereocenters. The maximum absolute atomic E-state index is 15.6. The van der Waals surface area contributed by atoms with Crippen LogP contribution in [0.25, 0.3) is 22.3 Å². The Morgan fingerprint density at radius 3 is 1.28 bits per heavy atom. The second-order valence-corrected chi connectivity index (χ2v) is 26.7. The predicted octanol–water partition coefficient (Wildman–Crippen LogP) is 3.15. The van der Waals surface area contributed by atoms with Gasteiger partial charge in [0.15, 0.2) is 152 Å². The van der Waals surface area contributed by atoms with Crippen molar-refractivity contribution in [3.8, 4) is 189 Å². The average molecular weight is 1720 g/mol. The van der Waals surface area contributed by atoms with Gasteiger partial charge in [-0.3, -0.25) is 0 Å². The van der Waals surface area contributed by atoms with E-state index in [1.807, 2.05) is 0 Å². The largest absolute Gasteiger partial charge is 0.504 e. The molecule has 0 aromatic heterocycles. The van der Waals surface area contributed by atoms with Crippen molar-refractivity contribution in [1.82, 2.24) is 0 Å². The Kier molecular flexibility index (Phi) is 20.3. The van der Waals surface area contributed by atoms with Crippen LogP contribution in [0, 0.1) is 0 Å². The zero-order valence-corrected chi connectivity index (χ0v) is 60.2. The minimum absolute atomic E-state index is 0.123. The molecule has 48 heteroatoms. The van der Waals surface area contributed by atoms with E-state index in [0.717, 1.165) is 0 Å². The van der Waals surface area contributed by atoms with Gasteiger partial charge in [-0.1, -0.05) is 0 Å². The van der Waals surface area contributed by atoms with Crippen LogP contribution < -0.4 is 9.47 Å². The lowest BCUT2D eigenvalue weighted by molar-refractivity contribution is -0.284. The van der Waals surface area contributed by atoms with Crippen LogP contribution in [0.15, 0.2) is 72.8 Å². The molecule has 9 aromatic rings. The van der Waals surface area contributed by atoms with Gasteiger partial charge in [0.05, 0.1) is 33.4 Å². The molecule has 14 rings (SSSR count). The molecule has 640 valence electrons. The van der Waals surface area contributed by atoms with Crippen molar-refractivity contribution in [2.24, 2.45) is 0 Å². The number of cyclic esters (lactones) is 2. The van der Waals surface area contributed by atoms with Gasteiger partial charge in [-0.15, -0.1) is 0 Å². The number of aliphatic hydroxyl groups excluding tert-OH is 1. The Bertz CT molecular complexity index is 6100. The number of ether oxygens (including phenoxy) is 13. The number of carbonyl (C=O) groups is 9. The number of aliphatic hydroxyl groups is 1. The molecule has 123 heavy (non-hydrogen) atoms. The van der Waals surface area contributed by atoms with Crippen molar-refractivity contribution in [2.45, 2.75) is 61.4 Å². The van der Waals surface area contributed by atoms with E-state index in [4.69, 9.17) is 61.6 Å². The highest BCUT2D eigenvalue weighted by molar-refractivity contribution is 6.09. The molecule has 9 aromatic carbocycles. The van der Waals surface area contributed by atoms with Crippen LogP contribution in [0.2, 0.25) is 0 Å². The van der Waals surface area contributed by atoms with Gasteiger partial charge in [-0.25, -0.2) is 43.2 Å². The van der Waals surface area contributed by atoms with Crippen LogP contribution in [-0.4, -0.2) is 261 Å². The molecule has 0 unspecified atom stereocenters. The van der Waals surface area contributed by atoms with E-state index in [-0.39, 0.29) is 18.2 Å². The lowest BCUT2D eigenvalue weighted by Crippen LogP contribution is -2.63. The van der Waals surface area contributed by atoms with Crippen molar-refractivity contribution in [3.63, 3.8) is 0 Å². The molecular weight excluding hydrogens is 1670 g/mol. The molecule has 2 saturated heterocycles. The van der Waals surface area contributed by atoms with Gasteiger partial charge >= 0.3 is 53.7 Å². The summed E-state index contributed by atoms with van der Waals surface area (Å²) >= 11 is 0. The number of rotatable bonds is 8. The fraction of sp³-hybridized carbons (Fsp3) is 0.160. The van der Waals surface area contributed by atoms with Gasteiger partial charge in [0.25, 0.3) is 0 Å². The van der Waals surface area contributed by atoms with Crippen LogP contribution >= 0.6 is 0 Å². The first kappa shape index (κ1) is 82.2. The molecule has 5 aliphatic heterocycles. The minimum Gasteiger partial charge on any atom is -0.504 e. The van der Waals surface area contributed by atoms with E-state index >= 15 is 14.4 Å². The fourth-order valence-electron chi connectivity index (χ4n) is 13.2. The summed E-state index contributed by atoms with van der Waals surface area (Å²) in [6, 6.07) is 4.33. The van der Waals surface area contributed by atoms with Gasteiger partial charge < -0.3 is 194 Å². The summed E-state index contributed by atoms with van der Waals surface area (Å²) in [7, 11) is 0. The third-order valence-electron chi connectivity index (χ3n) is 19.2. The number of hydrogen-bond acceptors (Lipinski definition) is 48. The smallest absolute Gasteiger partial charge is 0.342 e. The molecule has 0 amide bonds. The molecule has 26 N–H and O–H groups in total. The van der Waals surface area contributed by atoms with Crippen molar-refractivity contribution >= 4 is 53.7 Å². The second kappa shape index (κ2) is 30.3. The maximum atomic E-state index is 15.6. The van der Waals surface area contributed by atoms with E-state index in [9.17, 15) is 162 Å². The molecule has 0 aliphatic carbocycles. The first-order chi connectivity index (χ1) is 58.0. The lowest BCUT2D eigenvalue weighted by atomic mass is 9.92. The first-order valence-corrected chi connectivity index (χ1v) is 34.2. The number of phenols is 25. The van der Waals surface area contributed by atoms with Gasteiger partial charge in [-0.2, -0.15) is 0 Å². The zero-order valence-electron chi connectivity index (χ0n) is 60.2. The molecule has 48 nitrogen and oxygen atoms in total. The van der Waals surface area contributed by atoms with Crippen LogP contribution in [0.1, 0.15) is 93.2 Å². The number of phenolic OH excluding ortho intramolecular Hbond substituents is 25. The third kappa shape index (κ3) is 14.0. The summed E-state index contributed by atoms with van der Waals surface area (Å²) in [5, 5.41) is 286. The highest BCUT2D eigenvalue weighted by Crippen LogP contribution is 2.58. The lowest BCUT2D eigenvalue weighted by Gasteiger charge is -2.44.